The number of ether oxygens (including phenoxy) is 13. The molecule has 472 valence electrons. The molecular weight excluding hydrogens is 1120 g/mol. The average Bonchev–Trinajstić information content (AvgIpc) is 3.44. The smallest absolute Gasteiger partial charge is 0.217 e. The van der Waals surface area contributed by atoms with Gasteiger partial charge in [0.1, 0.15) is 171 Å². The van der Waals surface area contributed by atoms with Crippen molar-refractivity contribution in [3.8, 4) is 0 Å². The summed E-state index contributed by atoms with van der Waals surface area (Å²) in [4.78, 5) is 12.0. The van der Waals surface area contributed by atoms with Crippen LogP contribution in [0.4, 0.5) is 0 Å². The summed E-state index contributed by atoms with van der Waals surface area (Å²) < 4.78 is 73.3. The molecule has 0 saturated carbocycles. The van der Waals surface area contributed by atoms with Gasteiger partial charge in [0, 0.05) is 6.92 Å². The number of hydrogen-bond donors (Lipinski definition) is 23. The fourth-order valence-electron chi connectivity index (χ4n) is 10.1. The molecule has 23 N–H and O–H groups in total. The Bertz CT molecular complexity index is 1940. The minimum atomic E-state index is -2.33. The normalized spacial score (nSPS) is 51.9. The molecule has 7 aliphatic heterocycles. The van der Waals surface area contributed by atoms with Crippen LogP contribution in [0.2, 0.25) is 0 Å². The van der Waals surface area contributed by atoms with E-state index < -0.39 is 267 Å². The fourth-order valence-corrected chi connectivity index (χ4v) is 10.1. The van der Waals surface area contributed by atoms with E-state index in [1.165, 1.54) is 0 Å². The summed E-state index contributed by atoms with van der Waals surface area (Å²) in [6.45, 7) is -5.50. The van der Waals surface area contributed by atoms with Crippen LogP contribution < -0.4 is 5.32 Å². The van der Waals surface area contributed by atoms with Crippen molar-refractivity contribution in [2.24, 2.45) is 0 Å². The van der Waals surface area contributed by atoms with Crippen LogP contribution in [0.25, 0.3) is 0 Å². The molecule has 7 fully saturated rings. The lowest BCUT2D eigenvalue weighted by molar-refractivity contribution is -0.386. The minimum absolute atomic E-state index is 0.788. The van der Waals surface area contributed by atoms with Crippen molar-refractivity contribution in [1.82, 2.24) is 5.32 Å². The van der Waals surface area contributed by atoms with Crippen molar-refractivity contribution in [2.75, 3.05) is 46.2 Å². The van der Waals surface area contributed by atoms with Crippen molar-refractivity contribution in [1.29, 1.82) is 0 Å². The van der Waals surface area contributed by atoms with Gasteiger partial charge in [-0.15, -0.1) is 0 Å². The Kier molecular flexibility index (Phi) is 23.6. The molecule has 0 bridgehead atoms. The van der Waals surface area contributed by atoms with E-state index in [9.17, 15) is 117 Å². The SMILES string of the molecule is CC(=O)N[C@@H]1[C@@H](O)[C@H](O[C@@H]2O[C@H](CO[C@H]3O[C@H](CO[C@H]4O[C@H](CO)[C@@H](O)[C@H](O)[C@@H]4O)[C@@H](O)[C@H](O[C@H]4O[C@H](CO)[C@@H](O)[C@H](O)[C@@H]4O)[C@@H]3O)[C@@H](O)[C@H](O[C@H]3O[C@H](CO[C@H]4O[C@H](CO)[C@@H](O)[C@H](O)[C@@H]4O)[C@@H](O)[C@H](O)[C@@H]3O)[C@@H]2O)[C@@H](CO)O[C@H]1O. The highest BCUT2D eigenvalue weighted by atomic mass is 16.8. The van der Waals surface area contributed by atoms with Gasteiger partial charge in [-0.3, -0.25) is 4.79 Å². The predicted molar refractivity (Wildman–Crippen MR) is 243 cm³/mol. The lowest BCUT2D eigenvalue weighted by Crippen LogP contribution is -2.68. The number of amides is 1. The predicted octanol–water partition coefficient (Wildman–Crippen LogP) is -16.1. The molecule has 0 aromatic carbocycles. The lowest BCUT2D eigenvalue weighted by atomic mass is 9.95. The van der Waals surface area contributed by atoms with E-state index in [2.05, 4.69) is 5.32 Å². The highest BCUT2D eigenvalue weighted by Gasteiger charge is 2.57. The zero-order valence-electron chi connectivity index (χ0n) is 42.7. The maximum atomic E-state index is 12.0. The third-order valence-corrected chi connectivity index (χ3v) is 14.9. The van der Waals surface area contributed by atoms with E-state index in [4.69, 9.17) is 61.6 Å². The highest BCUT2D eigenvalue weighted by molar-refractivity contribution is 5.73. The van der Waals surface area contributed by atoms with Crippen LogP contribution in [0.3, 0.4) is 0 Å². The molecular formula is C44H75NO36. The van der Waals surface area contributed by atoms with E-state index in [-0.39, 0.29) is 0 Å². The Morgan fingerprint density at radius 2 is 0.605 bits per heavy atom. The number of carbonyl (C=O) groups excluding carboxylic acids is 1. The summed E-state index contributed by atoms with van der Waals surface area (Å²) in [6, 6.07) is -1.66. The Morgan fingerprint density at radius 1 is 0.321 bits per heavy atom. The topological polar surface area (TPSA) is 594 Å². The van der Waals surface area contributed by atoms with E-state index in [0.717, 1.165) is 6.92 Å². The highest BCUT2D eigenvalue weighted by Crippen LogP contribution is 2.36. The Labute approximate surface area is 457 Å². The van der Waals surface area contributed by atoms with Crippen LogP contribution in [0.15, 0.2) is 0 Å². The molecule has 7 aliphatic rings. The van der Waals surface area contributed by atoms with Gasteiger partial charge in [-0.2, -0.15) is 0 Å². The molecule has 7 saturated heterocycles. The zero-order valence-corrected chi connectivity index (χ0v) is 42.7. The second-order valence-corrected chi connectivity index (χ2v) is 20.4. The van der Waals surface area contributed by atoms with E-state index >= 15 is 0 Å². The summed E-state index contributed by atoms with van der Waals surface area (Å²) in [5.74, 6) is -0.788. The molecule has 1 amide bonds. The molecule has 7 heterocycles. The minimum Gasteiger partial charge on any atom is -0.394 e. The number of aliphatic hydroxyl groups is 22. The van der Waals surface area contributed by atoms with Crippen molar-refractivity contribution in [3.05, 3.63) is 0 Å². The molecule has 81 heavy (non-hydrogen) atoms. The third kappa shape index (κ3) is 14.4. The largest absolute Gasteiger partial charge is 0.394 e. The van der Waals surface area contributed by atoms with Crippen molar-refractivity contribution >= 4 is 5.91 Å². The molecule has 37 heteroatoms. The molecule has 0 aliphatic carbocycles. The van der Waals surface area contributed by atoms with Crippen LogP contribution in [-0.2, 0) is 66.4 Å². The third-order valence-electron chi connectivity index (χ3n) is 14.9. The lowest BCUT2D eigenvalue weighted by Gasteiger charge is -2.49. The first-order valence-corrected chi connectivity index (χ1v) is 25.6. The van der Waals surface area contributed by atoms with Gasteiger partial charge in [-0.05, 0) is 0 Å². The molecule has 0 radical (unpaired) electrons. The molecule has 0 spiro atoms. The quantitative estimate of drug-likeness (QED) is 0.0538. The summed E-state index contributed by atoms with van der Waals surface area (Å²) in [6.07, 6.45) is -67.0. The van der Waals surface area contributed by atoms with Crippen molar-refractivity contribution < 1.29 is 179 Å². The van der Waals surface area contributed by atoms with Crippen molar-refractivity contribution in [2.45, 2.75) is 222 Å². The van der Waals surface area contributed by atoms with Gasteiger partial charge in [0.2, 0.25) is 5.91 Å². The Morgan fingerprint density at radius 3 is 0.988 bits per heavy atom. The number of nitrogens with one attached hydrogen (secondary N) is 1. The van der Waals surface area contributed by atoms with Crippen LogP contribution in [-0.4, -0.2) is 379 Å². The fraction of sp³-hybridized carbons (Fsp3) is 0.977. The van der Waals surface area contributed by atoms with Gasteiger partial charge >= 0.3 is 0 Å². The first kappa shape index (κ1) is 66.6. The van der Waals surface area contributed by atoms with E-state index in [0.29, 0.717) is 0 Å². The van der Waals surface area contributed by atoms with Gasteiger partial charge in [0.15, 0.2) is 44.0 Å². The Hall–Kier alpha value is -1.93. The summed E-state index contributed by atoms with van der Waals surface area (Å²) in [5.41, 5.74) is 0. The number of carbonyl (C=O) groups is 1. The first-order chi connectivity index (χ1) is 38.3. The second-order valence-electron chi connectivity index (χ2n) is 20.4. The van der Waals surface area contributed by atoms with Crippen LogP contribution >= 0.6 is 0 Å². The van der Waals surface area contributed by atoms with Gasteiger partial charge in [-0.1, -0.05) is 0 Å². The molecule has 0 aromatic heterocycles. The summed E-state index contributed by atoms with van der Waals surface area (Å²) in [5, 5.41) is 237. The number of aliphatic hydroxyl groups excluding tert-OH is 22. The van der Waals surface area contributed by atoms with Crippen LogP contribution in [0.5, 0.6) is 0 Å². The van der Waals surface area contributed by atoms with Gasteiger partial charge in [0.25, 0.3) is 0 Å². The first-order valence-electron chi connectivity index (χ1n) is 25.6. The maximum Gasteiger partial charge on any atom is 0.217 e. The van der Waals surface area contributed by atoms with Crippen molar-refractivity contribution in [3.63, 3.8) is 0 Å². The standard InChI is InChI=1S/C44H75NO36/c1-9(50)45-17-24(57)35(13(5-49)72-38(17)68)79-44-34(67)37(81-43-32(65)28(61)21(54)14(77-43)6-69-39-29(62)25(58)18(51)10(2-46)73-39)23(56)16(78-44)8-71-41-33(66)36(80-42-31(64)27(60)20(53)12(4-48)75-42)22(55)15(76-41)7-70-40-30(63)26(59)19(52)11(3-47)74-40/h10-44,46-49,51-68H,2-8H2,1H3,(H,45,50)/t10-,11-,12-,13-,14-,15-,16-,17-,18-,19-,20-,21-,22-,23-,24-,25+,26+,27+,28+,29+,30+,31+,32+,33+,34+,35-,36+,37+,38-,39+,40+,41+,42-,43-,44+/m1/s1. The second kappa shape index (κ2) is 28.7. The van der Waals surface area contributed by atoms with E-state index in [1.807, 2.05) is 0 Å². The average molecular weight is 1190 g/mol. The molecule has 35 atom stereocenters. The van der Waals surface area contributed by atoms with Gasteiger partial charge < -0.3 is 179 Å². The Balaban J connectivity index is 1.15. The van der Waals surface area contributed by atoms with Gasteiger partial charge in [-0.25, -0.2) is 0 Å². The van der Waals surface area contributed by atoms with Gasteiger partial charge in [0.05, 0.1) is 46.2 Å². The number of hydrogen-bond acceptors (Lipinski definition) is 36. The molecule has 0 aromatic rings. The zero-order chi connectivity index (χ0) is 59.6. The monoisotopic (exact) mass is 1190 g/mol. The van der Waals surface area contributed by atoms with Crippen LogP contribution in [0.1, 0.15) is 6.92 Å². The molecule has 37 nitrogen and oxygen atoms in total. The van der Waals surface area contributed by atoms with E-state index in [1.54, 1.807) is 0 Å². The molecule has 7 rings (SSSR count). The summed E-state index contributed by atoms with van der Waals surface area (Å²) >= 11 is 0. The van der Waals surface area contributed by atoms with Crippen LogP contribution in [0, 0.1) is 0 Å². The molecule has 0 unspecified atom stereocenters. The maximum absolute atomic E-state index is 12.0. The summed E-state index contributed by atoms with van der Waals surface area (Å²) in [7, 11) is 0. The number of rotatable bonds is 20.